The van der Waals surface area contributed by atoms with Crippen molar-refractivity contribution in [3.05, 3.63) is 54.0 Å². The molecule has 0 bridgehead atoms. The Morgan fingerprint density at radius 2 is 1.96 bits per heavy atom. The summed E-state index contributed by atoms with van der Waals surface area (Å²) in [7, 11) is -1.64. The lowest BCUT2D eigenvalue weighted by Crippen LogP contribution is -2.20. The number of anilines is 1. The second kappa shape index (κ2) is 4.76. The van der Waals surface area contributed by atoms with Gasteiger partial charge in [0.05, 0.1) is 17.0 Å². The van der Waals surface area contributed by atoms with Gasteiger partial charge in [0, 0.05) is 36.1 Å². The lowest BCUT2D eigenvalue weighted by atomic mass is 10.0. The average molecular weight is 325 g/mol. The second-order valence-electron chi connectivity index (χ2n) is 5.78. The van der Waals surface area contributed by atoms with Gasteiger partial charge in [0.25, 0.3) is 0 Å². The van der Waals surface area contributed by atoms with E-state index in [0.717, 1.165) is 39.0 Å². The number of hydrogen-bond donors (Lipinski definition) is 0. The van der Waals surface area contributed by atoms with Gasteiger partial charge in [-0.1, -0.05) is 6.07 Å². The summed E-state index contributed by atoms with van der Waals surface area (Å²) < 4.78 is 25.4. The van der Waals surface area contributed by atoms with Gasteiger partial charge in [-0.15, -0.1) is 0 Å². The molecule has 3 aromatic rings. The van der Waals surface area contributed by atoms with Crippen LogP contribution in [0, 0.1) is 6.92 Å². The number of nitrogens with zero attached hydrogens (tertiary/aromatic N) is 3. The molecule has 0 radical (unpaired) electrons. The maximum absolute atomic E-state index is 12.0. The molecule has 1 aromatic carbocycles. The fraction of sp³-hybridized carbons (Fsp3) is 0.176. The van der Waals surface area contributed by atoms with Gasteiger partial charge in [-0.2, -0.15) is 0 Å². The predicted octanol–water partition coefficient (Wildman–Crippen LogP) is 2.88. The predicted molar refractivity (Wildman–Crippen MR) is 90.7 cm³/mol. The number of aryl methyl sites for hydroxylation is 1. The van der Waals surface area contributed by atoms with E-state index in [2.05, 4.69) is 9.97 Å². The van der Waals surface area contributed by atoms with Crippen molar-refractivity contribution in [1.82, 2.24) is 9.97 Å². The molecule has 0 amide bonds. The molecule has 5 nitrogen and oxygen atoms in total. The monoisotopic (exact) mass is 325 g/mol. The van der Waals surface area contributed by atoms with E-state index in [1.54, 1.807) is 19.4 Å². The minimum absolute atomic E-state index is 0.0390. The summed E-state index contributed by atoms with van der Waals surface area (Å²) in [6.45, 7) is 1.95. The fourth-order valence-corrected chi connectivity index (χ4v) is 4.27. The number of hydrogen-bond acceptors (Lipinski definition) is 4. The Bertz CT molecular complexity index is 1040. The topological polar surface area (TPSA) is 63.2 Å². The van der Waals surface area contributed by atoms with E-state index in [1.165, 1.54) is 4.31 Å². The minimum atomic E-state index is -3.23. The third-order valence-electron chi connectivity index (χ3n) is 4.22. The molecule has 0 saturated heterocycles. The molecular formula is C17H15N3O2S. The van der Waals surface area contributed by atoms with Crippen molar-refractivity contribution in [3.8, 4) is 11.1 Å². The Hall–Kier alpha value is -2.47. The molecule has 0 fully saturated rings. The van der Waals surface area contributed by atoms with Crippen molar-refractivity contribution >= 4 is 26.6 Å². The van der Waals surface area contributed by atoms with Crippen LogP contribution < -0.4 is 4.31 Å². The second-order valence-corrected chi connectivity index (χ2v) is 7.78. The largest absolute Gasteiger partial charge is 0.273 e. The summed E-state index contributed by atoms with van der Waals surface area (Å²) in [6.07, 6.45) is 3.57. The normalized spacial score (nSPS) is 15.8. The summed E-state index contributed by atoms with van der Waals surface area (Å²) in [6, 6.07) is 9.66. The number of rotatable bonds is 1. The SMILES string of the molecule is Cc1ccc2cncc(-c3ccc4c(c3)CS(=O)(=O)N4C)c2n1. The summed E-state index contributed by atoms with van der Waals surface area (Å²) >= 11 is 0. The highest BCUT2D eigenvalue weighted by Gasteiger charge is 2.30. The molecule has 116 valence electrons. The molecule has 4 rings (SSSR count). The van der Waals surface area contributed by atoms with Gasteiger partial charge in [-0.05, 0) is 42.3 Å². The lowest BCUT2D eigenvalue weighted by Gasteiger charge is -2.12. The zero-order valence-corrected chi connectivity index (χ0v) is 13.6. The van der Waals surface area contributed by atoms with Crippen LogP contribution in [0.5, 0.6) is 0 Å². The van der Waals surface area contributed by atoms with Crippen LogP contribution in [0.15, 0.2) is 42.7 Å². The zero-order valence-electron chi connectivity index (χ0n) is 12.8. The van der Waals surface area contributed by atoms with Crippen molar-refractivity contribution in [2.45, 2.75) is 12.7 Å². The van der Waals surface area contributed by atoms with Crippen molar-refractivity contribution in [1.29, 1.82) is 0 Å². The van der Waals surface area contributed by atoms with Crippen LogP contribution in [-0.4, -0.2) is 25.4 Å². The smallest absolute Gasteiger partial charge is 0.239 e. The zero-order chi connectivity index (χ0) is 16.2. The summed E-state index contributed by atoms with van der Waals surface area (Å²) in [4.78, 5) is 8.91. The quantitative estimate of drug-likeness (QED) is 0.690. The Labute approximate surface area is 134 Å². The Kier molecular flexibility index (Phi) is 2.93. The van der Waals surface area contributed by atoms with E-state index in [-0.39, 0.29) is 5.75 Å². The summed E-state index contributed by atoms with van der Waals surface area (Å²) in [5.74, 6) is 0.0390. The summed E-state index contributed by atoms with van der Waals surface area (Å²) in [5, 5.41) is 0.971. The third-order valence-corrected chi connectivity index (χ3v) is 5.93. The molecule has 2 aromatic heterocycles. The molecule has 0 atom stereocenters. The van der Waals surface area contributed by atoms with E-state index in [9.17, 15) is 8.42 Å². The van der Waals surface area contributed by atoms with Crippen molar-refractivity contribution < 1.29 is 8.42 Å². The van der Waals surface area contributed by atoms with Crippen LogP contribution in [0.25, 0.3) is 22.0 Å². The fourth-order valence-electron chi connectivity index (χ4n) is 2.97. The lowest BCUT2D eigenvalue weighted by molar-refractivity contribution is 0.596. The maximum atomic E-state index is 12.0. The molecule has 0 saturated carbocycles. The molecule has 0 spiro atoms. The van der Waals surface area contributed by atoms with E-state index >= 15 is 0 Å². The van der Waals surface area contributed by atoms with Crippen LogP contribution in [0.4, 0.5) is 5.69 Å². The number of sulfonamides is 1. The molecule has 23 heavy (non-hydrogen) atoms. The van der Waals surface area contributed by atoms with Crippen molar-refractivity contribution in [2.75, 3.05) is 11.4 Å². The highest BCUT2D eigenvalue weighted by atomic mass is 32.2. The van der Waals surface area contributed by atoms with Gasteiger partial charge in [-0.3, -0.25) is 14.3 Å². The van der Waals surface area contributed by atoms with Crippen LogP contribution >= 0.6 is 0 Å². The van der Waals surface area contributed by atoms with Crippen molar-refractivity contribution in [2.24, 2.45) is 0 Å². The van der Waals surface area contributed by atoms with E-state index in [4.69, 9.17) is 0 Å². The Morgan fingerprint density at radius 3 is 2.78 bits per heavy atom. The molecule has 0 aliphatic carbocycles. The number of fused-ring (bicyclic) bond motifs is 2. The first-order valence-electron chi connectivity index (χ1n) is 7.27. The first-order valence-corrected chi connectivity index (χ1v) is 8.88. The van der Waals surface area contributed by atoms with Crippen LogP contribution in [0.1, 0.15) is 11.3 Å². The van der Waals surface area contributed by atoms with E-state index in [0.29, 0.717) is 0 Å². The minimum Gasteiger partial charge on any atom is -0.273 e. The van der Waals surface area contributed by atoms with Gasteiger partial charge in [-0.25, -0.2) is 8.42 Å². The number of pyridine rings is 2. The van der Waals surface area contributed by atoms with E-state index < -0.39 is 10.0 Å². The molecule has 0 unspecified atom stereocenters. The Morgan fingerprint density at radius 1 is 1.13 bits per heavy atom. The summed E-state index contributed by atoms with van der Waals surface area (Å²) in [5.41, 5.74) is 5.23. The van der Waals surface area contributed by atoms with Gasteiger partial charge in [0.15, 0.2) is 0 Å². The van der Waals surface area contributed by atoms with Crippen LogP contribution in [-0.2, 0) is 15.8 Å². The molecule has 6 heteroatoms. The van der Waals surface area contributed by atoms with E-state index in [1.807, 2.05) is 37.3 Å². The molecule has 1 aliphatic rings. The molecule has 3 heterocycles. The van der Waals surface area contributed by atoms with Crippen LogP contribution in [0.2, 0.25) is 0 Å². The standard InChI is InChI=1S/C17H15N3O2S/c1-11-3-4-13-8-18-9-15(17(13)19-11)12-5-6-16-14(7-12)10-23(21,22)20(16)2/h3-9H,10H2,1-2H3. The maximum Gasteiger partial charge on any atom is 0.239 e. The number of aromatic nitrogens is 2. The molecule has 1 aliphatic heterocycles. The number of benzene rings is 1. The van der Waals surface area contributed by atoms with Crippen LogP contribution in [0.3, 0.4) is 0 Å². The Balaban J connectivity index is 1.93. The first kappa shape index (κ1) is 14.1. The molecular weight excluding hydrogens is 310 g/mol. The highest BCUT2D eigenvalue weighted by Crippen LogP contribution is 2.36. The van der Waals surface area contributed by atoms with Gasteiger partial charge in [0.2, 0.25) is 10.0 Å². The highest BCUT2D eigenvalue weighted by molar-refractivity contribution is 7.92. The van der Waals surface area contributed by atoms with Gasteiger partial charge >= 0.3 is 0 Å². The first-order chi connectivity index (χ1) is 11.0. The van der Waals surface area contributed by atoms with Gasteiger partial charge in [0.1, 0.15) is 0 Å². The average Bonchev–Trinajstić information content (AvgIpc) is 2.75. The van der Waals surface area contributed by atoms with Gasteiger partial charge < -0.3 is 0 Å². The van der Waals surface area contributed by atoms with Crippen molar-refractivity contribution in [3.63, 3.8) is 0 Å². The molecule has 0 N–H and O–H groups in total. The third kappa shape index (κ3) is 2.17.